The molecule has 0 spiro atoms. The van der Waals surface area contributed by atoms with E-state index in [0.29, 0.717) is 5.69 Å². The highest BCUT2D eigenvalue weighted by Crippen LogP contribution is 2.12. The fourth-order valence-corrected chi connectivity index (χ4v) is 2.70. The van der Waals surface area contributed by atoms with E-state index in [1.54, 1.807) is 6.07 Å². The zero-order chi connectivity index (χ0) is 15.5. The van der Waals surface area contributed by atoms with E-state index in [9.17, 15) is 13.2 Å². The molecule has 0 saturated carbocycles. The first kappa shape index (κ1) is 15.6. The molecule has 0 radical (unpaired) electrons. The lowest BCUT2D eigenvalue weighted by Crippen LogP contribution is -2.33. The predicted octanol–water partition coefficient (Wildman–Crippen LogP) is 1.11. The minimum absolute atomic E-state index is 0.0783. The summed E-state index contributed by atoms with van der Waals surface area (Å²) in [6, 6.07) is 10.6. The van der Waals surface area contributed by atoms with E-state index in [2.05, 4.69) is 4.98 Å². The monoisotopic (exact) mass is 306 g/mol. The third-order valence-electron chi connectivity index (χ3n) is 3.22. The number of aromatic nitrogens is 1. The van der Waals surface area contributed by atoms with Gasteiger partial charge in [0.05, 0.1) is 23.7 Å². The maximum absolute atomic E-state index is 12.0. The molecule has 0 fully saturated rings. The van der Waals surface area contributed by atoms with Gasteiger partial charge in [-0.25, -0.2) is 8.42 Å². The van der Waals surface area contributed by atoms with Gasteiger partial charge in [0.2, 0.25) is 0 Å². The molecule has 1 unspecified atom stereocenters. The van der Waals surface area contributed by atoms with Crippen molar-refractivity contribution in [2.24, 2.45) is 5.73 Å². The predicted molar refractivity (Wildman–Crippen MR) is 82.8 cm³/mol. The van der Waals surface area contributed by atoms with Crippen LogP contribution in [0, 0.1) is 0 Å². The van der Waals surface area contributed by atoms with Gasteiger partial charge >= 0.3 is 0 Å². The standard InChI is InChI=1S/C15H18N2O3S/c1-21(19,20)9-8-13(16)15(18)10-12-7-6-11-4-2-3-5-14(11)17-12/h2-7,13H,8-10,16H2,1H3. The van der Waals surface area contributed by atoms with Gasteiger partial charge < -0.3 is 5.73 Å². The molecule has 1 aromatic carbocycles. The molecule has 0 saturated heterocycles. The second-order valence-corrected chi connectivity index (χ2v) is 7.42. The van der Waals surface area contributed by atoms with Crippen LogP contribution in [-0.2, 0) is 21.1 Å². The topological polar surface area (TPSA) is 90.1 Å². The van der Waals surface area contributed by atoms with E-state index < -0.39 is 15.9 Å². The summed E-state index contributed by atoms with van der Waals surface area (Å²) < 4.78 is 22.2. The molecule has 1 aromatic heterocycles. The first-order chi connectivity index (χ1) is 9.85. The van der Waals surface area contributed by atoms with Crippen molar-refractivity contribution in [1.82, 2.24) is 4.98 Å². The Labute approximate surface area is 124 Å². The number of carbonyl (C=O) groups is 1. The molecule has 0 aliphatic rings. The van der Waals surface area contributed by atoms with Crippen LogP contribution >= 0.6 is 0 Å². The number of fused-ring (bicyclic) bond motifs is 1. The lowest BCUT2D eigenvalue weighted by atomic mass is 10.1. The number of hydrogen-bond donors (Lipinski definition) is 1. The number of rotatable bonds is 6. The molecule has 1 heterocycles. The Morgan fingerprint density at radius 3 is 2.67 bits per heavy atom. The van der Waals surface area contributed by atoms with E-state index >= 15 is 0 Å². The summed E-state index contributed by atoms with van der Waals surface area (Å²) in [5, 5.41) is 1.01. The van der Waals surface area contributed by atoms with Crippen LogP contribution in [0.1, 0.15) is 12.1 Å². The third kappa shape index (κ3) is 4.61. The summed E-state index contributed by atoms with van der Waals surface area (Å²) in [5.41, 5.74) is 7.22. The first-order valence-corrected chi connectivity index (χ1v) is 8.72. The van der Waals surface area contributed by atoms with Crippen molar-refractivity contribution >= 4 is 26.5 Å². The molecule has 0 aliphatic carbocycles. The van der Waals surface area contributed by atoms with Gasteiger partial charge in [0.15, 0.2) is 5.78 Å². The molecule has 2 N–H and O–H groups in total. The molecule has 2 aromatic rings. The summed E-state index contributed by atoms with van der Waals surface area (Å²) in [4.78, 5) is 16.4. The molecule has 6 heteroatoms. The van der Waals surface area contributed by atoms with Crippen molar-refractivity contribution in [3.63, 3.8) is 0 Å². The number of carbonyl (C=O) groups excluding carboxylic acids is 1. The zero-order valence-electron chi connectivity index (χ0n) is 11.8. The largest absolute Gasteiger partial charge is 0.321 e. The molecule has 1 atom stereocenters. The van der Waals surface area contributed by atoms with Crippen molar-refractivity contribution < 1.29 is 13.2 Å². The zero-order valence-corrected chi connectivity index (χ0v) is 12.6. The van der Waals surface area contributed by atoms with E-state index in [-0.39, 0.29) is 24.4 Å². The van der Waals surface area contributed by atoms with Crippen LogP contribution < -0.4 is 5.73 Å². The Balaban J connectivity index is 2.03. The van der Waals surface area contributed by atoms with Crippen LogP contribution in [0.4, 0.5) is 0 Å². The van der Waals surface area contributed by atoms with Crippen LogP contribution in [0.3, 0.4) is 0 Å². The fraction of sp³-hybridized carbons (Fsp3) is 0.333. The summed E-state index contributed by atoms with van der Waals surface area (Å²) in [6.07, 6.45) is 1.40. The second kappa shape index (κ2) is 6.32. The highest BCUT2D eigenvalue weighted by Gasteiger charge is 2.17. The minimum Gasteiger partial charge on any atom is -0.321 e. The molecule has 0 amide bonds. The fourth-order valence-electron chi connectivity index (χ4n) is 2.02. The third-order valence-corrected chi connectivity index (χ3v) is 4.20. The van der Waals surface area contributed by atoms with Gasteiger partial charge in [-0.05, 0) is 18.6 Å². The molecular formula is C15H18N2O3S. The van der Waals surface area contributed by atoms with E-state index in [1.807, 2.05) is 30.3 Å². The number of hydrogen-bond acceptors (Lipinski definition) is 5. The summed E-state index contributed by atoms with van der Waals surface area (Å²) >= 11 is 0. The molecule has 0 bridgehead atoms. The van der Waals surface area contributed by atoms with Gasteiger partial charge in [0.1, 0.15) is 9.84 Å². The van der Waals surface area contributed by atoms with Gasteiger partial charge in [0.25, 0.3) is 0 Å². The Morgan fingerprint density at radius 2 is 1.95 bits per heavy atom. The van der Waals surface area contributed by atoms with Crippen LogP contribution in [0.5, 0.6) is 0 Å². The minimum atomic E-state index is -3.10. The van der Waals surface area contributed by atoms with E-state index in [4.69, 9.17) is 5.73 Å². The van der Waals surface area contributed by atoms with Gasteiger partial charge in [-0.3, -0.25) is 9.78 Å². The van der Waals surface area contributed by atoms with Gasteiger partial charge in [-0.1, -0.05) is 24.3 Å². The van der Waals surface area contributed by atoms with Crippen molar-refractivity contribution in [2.75, 3.05) is 12.0 Å². The van der Waals surface area contributed by atoms with Crippen LogP contribution in [0.15, 0.2) is 36.4 Å². The molecule has 5 nitrogen and oxygen atoms in total. The normalized spacial score (nSPS) is 13.2. The van der Waals surface area contributed by atoms with Gasteiger partial charge in [-0.2, -0.15) is 0 Å². The lowest BCUT2D eigenvalue weighted by molar-refractivity contribution is -0.119. The summed E-state index contributed by atoms with van der Waals surface area (Å²) in [6.45, 7) is 0. The highest BCUT2D eigenvalue weighted by atomic mass is 32.2. The van der Waals surface area contributed by atoms with Crippen molar-refractivity contribution in [3.8, 4) is 0 Å². The maximum Gasteiger partial charge on any atom is 0.155 e. The maximum atomic E-state index is 12.0. The molecular weight excluding hydrogens is 288 g/mol. The Bertz CT molecular complexity index is 756. The van der Waals surface area contributed by atoms with Crippen LogP contribution in [-0.4, -0.2) is 37.2 Å². The molecule has 2 rings (SSSR count). The average Bonchev–Trinajstić information content (AvgIpc) is 2.43. The van der Waals surface area contributed by atoms with Crippen molar-refractivity contribution in [3.05, 3.63) is 42.1 Å². The average molecular weight is 306 g/mol. The number of pyridine rings is 1. The Kier molecular flexibility index (Phi) is 4.69. The molecule has 112 valence electrons. The lowest BCUT2D eigenvalue weighted by Gasteiger charge is -2.10. The van der Waals surface area contributed by atoms with Gasteiger partial charge in [-0.15, -0.1) is 0 Å². The number of sulfone groups is 1. The number of nitrogens with two attached hydrogens (primary N) is 1. The number of nitrogens with zero attached hydrogens (tertiary/aromatic N) is 1. The van der Waals surface area contributed by atoms with Crippen LogP contribution in [0.2, 0.25) is 0 Å². The quantitative estimate of drug-likeness (QED) is 0.863. The Hall–Kier alpha value is -1.79. The second-order valence-electron chi connectivity index (χ2n) is 5.16. The highest BCUT2D eigenvalue weighted by molar-refractivity contribution is 7.90. The van der Waals surface area contributed by atoms with Crippen molar-refractivity contribution in [1.29, 1.82) is 0 Å². The SMILES string of the molecule is CS(=O)(=O)CCC(N)C(=O)Cc1ccc2ccccc2n1. The first-order valence-electron chi connectivity index (χ1n) is 6.66. The molecule has 0 aliphatic heterocycles. The van der Waals surface area contributed by atoms with Gasteiger partial charge in [0, 0.05) is 17.3 Å². The van der Waals surface area contributed by atoms with E-state index in [1.165, 1.54) is 0 Å². The summed E-state index contributed by atoms with van der Waals surface area (Å²) in [7, 11) is -3.10. The van der Waals surface area contributed by atoms with Crippen molar-refractivity contribution in [2.45, 2.75) is 18.9 Å². The smallest absolute Gasteiger partial charge is 0.155 e. The van der Waals surface area contributed by atoms with E-state index in [0.717, 1.165) is 17.2 Å². The Morgan fingerprint density at radius 1 is 1.24 bits per heavy atom. The molecule has 21 heavy (non-hydrogen) atoms. The number of benzene rings is 1. The summed E-state index contributed by atoms with van der Waals surface area (Å²) in [5.74, 6) is -0.271. The van der Waals surface area contributed by atoms with Crippen LogP contribution in [0.25, 0.3) is 10.9 Å². The number of para-hydroxylation sites is 1. The number of ketones is 1. The number of Topliss-reactive ketones (excluding diaryl/α,β-unsaturated/α-hetero) is 1.